The molecule has 0 aromatic heterocycles. The highest BCUT2D eigenvalue weighted by Gasteiger charge is 2.12. The summed E-state index contributed by atoms with van der Waals surface area (Å²) in [5.74, 6) is 0.0990. The molecule has 0 unspecified atom stereocenters. The van der Waals surface area contributed by atoms with Crippen LogP contribution in [0.15, 0.2) is 28.7 Å². The first-order valence-corrected chi connectivity index (χ1v) is 7.47. The van der Waals surface area contributed by atoms with Crippen LogP contribution >= 0.6 is 15.9 Å². The smallest absolute Gasteiger partial charge is 0.234 e. The van der Waals surface area contributed by atoms with Gasteiger partial charge in [-0.2, -0.15) is 0 Å². The van der Waals surface area contributed by atoms with Gasteiger partial charge in [0.05, 0.1) is 6.54 Å². The predicted molar refractivity (Wildman–Crippen MR) is 79.9 cm³/mol. The quantitative estimate of drug-likeness (QED) is 0.878. The molecule has 0 saturated carbocycles. The second-order valence-electron chi connectivity index (χ2n) is 4.79. The first-order valence-electron chi connectivity index (χ1n) is 6.68. The van der Waals surface area contributed by atoms with Gasteiger partial charge in [-0.25, -0.2) is 0 Å². The molecule has 2 rings (SSSR count). The van der Waals surface area contributed by atoms with Crippen molar-refractivity contribution in [3.8, 4) is 0 Å². The molecule has 0 spiro atoms. The monoisotopic (exact) mass is 325 g/mol. The van der Waals surface area contributed by atoms with Gasteiger partial charge in [0.1, 0.15) is 0 Å². The number of halogens is 1. The number of benzene rings is 1. The minimum absolute atomic E-state index is 0.0990. The highest BCUT2D eigenvalue weighted by molar-refractivity contribution is 9.10. The molecule has 1 aliphatic rings. The van der Waals surface area contributed by atoms with Gasteiger partial charge in [0.2, 0.25) is 5.91 Å². The maximum absolute atomic E-state index is 11.9. The molecule has 0 atom stereocenters. The molecule has 1 aliphatic heterocycles. The fourth-order valence-electron chi connectivity index (χ4n) is 2.17. The topological polar surface area (TPSA) is 44.4 Å². The van der Waals surface area contributed by atoms with Gasteiger partial charge >= 0.3 is 0 Å². The summed E-state index contributed by atoms with van der Waals surface area (Å²) >= 11 is 3.43. The van der Waals surface area contributed by atoms with Crippen LogP contribution in [0.4, 0.5) is 0 Å². The SMILES string of the molecule is O=C(CN1CCCNCC1)NCc1cccc(Br)c1. The number of carbonyl (C=O) groups is 1. The Bertz CT molecular complexity index is 417. The lowest BCUT2D eigenvalue weighted by Crippen LogP contribution is -2.38. The van der Waals surface area contributed by atoms with Crippen molar-refractivity contribution >= 4 is 21.8 Å². The van der Waals surface area contributed by atoms with Crippen LogP contribution in [0.5, 0.6) is 0 Å². The van der Waals surface area contributed by atoms with Gasteiger partial charge in [0.25, 0.3) is 0 Å². The van der Waals surface area contributed by atoms with E-state index in [2.05, 4.69) is 31.5 Å². The molecule has 5 heteroatoms. The van der Waals surface area contributed by atoms with E-state index in [0.717, 1.165) is 42.6 Å². The second-order valence-corrected chi connectivity index (χ2v) is 5.70. The Kier molecular flexibility index (Phi) is 5.82. The van der Waals surface area contributed by atoms with Crippen molar-refractivity contribution in [2.45, 2.75) is 13.0 Å². The first kappa shape index (κ1) is 14.5. The summed E-state index contributed by atoms with van der Waals surface area (Å²) in [6, 6.07) is 8.00. The molecule has 1 aromatic carbocycles. The fourth-order valence-corrected chi connectivity index (χ4v) is 2.61. The van der Waals surface area contributed by atoms with Gasteiger partial charge < -0.3 is 10.6 Å². The third kappa shape index (κ3) is 5.30. The Labute approximate surface area is 122 Å². The lowest BCUT2D eigenvalue weighted by Gasteiger charge is -2.18. The van der Waals surface area contributed by atoms with Crippen LogP contribution in [0, 0.1) is 0 Å². The summed E-state index contributed by atoms with van der Waals surface area (Å²) < 4.78 is 1.04. The van der Waals surface area contributed by atoms with Crippen LogP contribution in [0.2, 0.25) is 0 Å². The number of hydrogen-bond donors (Lipinski definition) is 2. The predicted octanol–water partition coefficient (Wildman–Crippen LogP) is 1.36. The van der Waals surface area contributed by atoms with Gasteiger partial charge in [0.15, 0.2) is 0 Å². The molecular formula is C14H20BrN3O. The Morgan fingerprint density at radius 1 is 1.37 bits per heavy atom. The maximum Gasteiger partial charge on any atom is 0.234 e. The van der Waals surface area contributed by atoms with E-state index in [1.807, 2.05) is 24.3 Å². The molecule has 2 N–H and O–H groups in total. The zero-order valence-corrected chi connectivity index (χ0v) is 12.6. The van der Waals surface area contributed by atoms with E-state index in [9.17, 15) is 4.79 Å². The summed E-state index contributed by atoms with van der Waals surface area (Å²) in [6.45, 7) is 5.05. The van der Waals surface area contributed by atoms with Crippen molar-refractivity contribution in [1.82, 2.24) is 15.5 Å². The number of amides is 1. The molecule has 1 fully saturated rings. The van der Waals surface area contributed by atoms with E-state index in [4.69, 9.17) is 0 Å². The summed E-state index contributed by atoms with van der Waals surface area (Å²) in [5.41, 5.74) is 1.11. The van der Waals surface area contributed by atoms with E-state index >= 15 is 0 Å². The van der Waals surface area contributed by atoms with Crippen LogP contribution in [0.1, 0.15) is 12.0 Å². The van der Waals surface area contributed by atoms with Crippen molar-refractivity contribution in [3.63, 3.8) is 0 Å². The van der Waals surface area contributed by atoms with Crippen molar-refractivity contribution in [3.05, 3.63) is 34.3 Å². The standard InChI is InChI=1S/C14H20BrN3O/c15-13-4-1-3-12(9-13)10-17-14(19)11-18-7-2-5-16-6-8-18/h1,3-4,9,16H,2,5-8,10-11H2,(H,17,19). The van der Waals surface area contributed by atoms with Gasteiger partial charge in [0, 0.05) is 24.1 Å². The number of rotatable bonds is 4. The van der Waals surface area contributed by atoms with Crippen molar-refractivity contribution in [1.29, 1.82) is 0 Å². The Morgan fingerprint density at radius 3 is 3.11 bits per heavy atom. The minimum Gasteiger partial charge on any atom is -0.351 e. The molecule has 0 aliphatic carbocycles. The lowest BCUT2D eigenvalue weighted by atomic mass is 10.2. The first-order chi connectivity index (χ1) is 9.24. The van der Waals surface area contributed by atoms with Crippen molar-refractivity contribution in [2.75, 3.05) is 32.7 Å². The molecule has 1 heterocycles. The molecule has 0 radical (unpaired) electrons. The molecule has 1 aromatic rings. The summed E-state index contributed by atoms with van der Waals surface area (Å²) in [4.78, 5) is 14.1. The van der Waals surface area contributed by atoms with Gasteiger partial charge in [-0.15, -0.1) is 0 Å². The highest BCUT2D eigenvalue weighted by Crippen LogP contribution is 2.11. The van der Waals surface area contributed by atoms with E-state index in [0.29, 0.717) is 13.1 Å². The molecule has 0 bridgehead atoms. The zero-order chi connectivity index (χ0) is 13.5. The Hall–Kier alpha value is -0.910. The Balaban J connectivity index is 1.74. The van der Waals surface area contributed by atoms with E-state index in [-0.39, 0.29) is 5.91 Å². The van der Waals surface area contributed by atoms with E-state index in [1.54, 1.807) is 0 Å². The Morgan fingerprint density at radius 2 is 2.26 bits per heavy atom. The largest absolute Gasteiger partial charge is 0.351 e. The molecule has 19 heavy (non-hydrogen) atoms. The van der Waals surface area contributed by atoms with Crippen LogP contribution in [-0.4, -0.2) is 43.5 Å². The minimum atomic E-state index is 0.0990. The van der Waals surface area contributed by atoms with Crippen LogP contribution < -0.4 is 10.6 Å². The molecular weight excluding hydrogens is 306 g/mol. The average Bonchev–Trinajstić information content (AvgIpc) is 2.65. The zero-order valence-electron chi connectivity index (χ0n) is 11.0. The number of nitrogens with one attached hydrogen (secondary N) is 2. The number of hydrogen-bond acceptors (Lipinski definition) is 3. The normalized spacial score (nSPS) is 16.9. The molecule has 1 saturated heterocycles. The van der Waals surface area contributed by atoms with Crippen molar-refractivity contribution < 1.29 is 4.79 Å². The van der Waals surface area contributed by atoms with E-state index in [1.165, 1.54) is 0 Å². The summed E-state index contributed by atoms with van der Waals surface area (Å²) in [6.07, 6.45) is 1.11. The second kappa shape index (κ2) is 7.62. The third-order valence-corrected chi connectivity index (χ3v) is 3.67. The van der Waals surface area contributed by atoms with Crippen molar-refractivity contribution in [2.24, 2.45) is 0 Å². The summed E-state index contributed by atoms with van der Waals surface area (Å²) in [5, 5.41) is 6.31. The van der Waals surface area contributed by atoms with E-state index < -0.39 is 0 Å². The average molecular weight is 326 g/mol. The summed E-state index contributed by atoms with van der Waals surface area (Å²) in [7, 11) is 0. The highest BCUT2D eigenvalue weighted by atomic mass is 79.9. The van der Waals surface area contributed by atoms with Gasteiger partial charge in [-0.1, -0.05) is 28.1 Å². The van der Waals surface area contributed by atoms with Crippen LogP contribution in [0.25, 0.3) is 0 Å². The molecule has 1 amide bonds. The maximum atomic E-state index is 11.9. The van der Waals surface area contributed by atoms with Gasteiger partial charge in [-0.05, 0) is 37.2 Å². The lowest BCUT2D eigenvalue weighted by molar-refractivity contribution is -0.122. The fraction of sp³-hybridized carbons (Fsp3) is 0.500. The van der Waals surface area contributed by atoms with Crippen LogP contribution in [-0.2, 0) is 11.3 Å². The van der Waals surface area contributed by atoms with Gasteiger partial charge in [-0.3, -0.25) is 9.69 Å². The molecule has 104 valence electrons. The molecule has 4 nitrogen and oxygen atoms in total. The van der Waals surface area contributed by atoms with Crippen LogP contribution in [0.3, 0.4) is 0 Å². The third-order valence-electron chi connectivity index (χ3n) is 3.18. The number of carbonyl (C=O) groups excluding carboxylic acids is 1. The number of nitrogens with zero attached hydrogens (tertiary/aromatic N) is 1.